The van der Waals surface area contributed by atoms with E-state index in [2.05, 4.69) is 0 Å². The van der Waals surface area contributed by atoms with Crippen LogP contribution >= 0.6 is 11.6 Å². The smallest absolute Gasteiger partial charge is 0.271 e. The van der Waals surface area contributed by atoms with Crippen LogP contribution in [0.5, 0.6) is 5.75 Å². The van der Waals surface area contributed by atoms with Gasteiger partial charge in [0.15, 0.2) is 6.61 Å². The predicted molar refractivity (Wildman–Crippen MR) is 83.2 cm³/mol. The van der Waals surface area contributed by atoms with Crippen molar-refractivity contribution in [3.8, 4) is 5.75 Å². The topological polar surface area (TPSA) is 72.7 Å². The number of likely N-dealkylation sites (N-methyl/N-ethyl adjacent to an activating group) is 1. The number of ether oxygens (including phenoxy) is 1. The van der Waals surface area contributed by atoms with Gasteiger partial charge in [-0.2, -0.15) is 0 Å². The molecular formula is C15H19ClN2O4. The standard InChI is InChI=1S/C15H19ClN2O4/c1-17(11-5-3-2-4-6-11)15(19)10-22-14-8-7-12(18(20)21)9-13(14)16/h7-9,11H,2-6,10H2,1H3. The number of hydrogen-bond donors (Lipinski definition) is 0. The van der Waals surface area contributed by atoms with Crippen LogP contribution in [0.25, 0.3) is 0 Å². The molecule has 1 aliphatic carbocycles. The molecule has 1 aromatic carbocycles. The Morgan fingerprint density at radius 1 is 1.41 bits per heavy atom. The minimum absolute atomic E-state index is 0.108. The molecule has 0 bridgehead atoms. The van der Waals surface area contributed by atoms with Crippen molar-refractivity contribution in [3.05, 3.63) is 33.3 Å². The van der Waals surface area contributed by atoms with Crippen LogP contribution in [-0.4, -0.2) is 35.4 Å². The Morgan fingerprint density at radius 3 is 2.68 bits per heavy atom. The number of hydrogen-bond acceptors (Lipinski definition) is 4. The van der Waals surface area contributed by atoms with Gasteiger partial charge in [0.2, 0.25) is 0 Å². The number of nitro groups is 1. The predicted octanol–water partition coefficient (Wildman–Crippen LogP) is 3.42. The molecule has 0 unspecified atom stereocenters. The number of carbonyl (C=O) groups is 1. The lowest BCUT2D eigenvalue weighted by atomic mass is 9.94. The first-order valence-electron chi connectivity index (χ1n) is 7.31. The average Bonchev–Trinajstić information content (AvgIpc) is 2.53. The molecule has 0 aliphatic heterocycles. The molecule has 2 rings (SSSR count). The minimum Gasteiger partial charge on any atom is -0.482 e. The monoisotopic (exact) mass is 326 g/mol. The largest absolute Gasteiger partial charge is 0.482 e. The van der Waals surface area contributed by atoms with Gasteiger partial charge in [-0.3, -0.25) is 14.9 Å². The molecule has 6 nitrogen and oxygen atoms in total. The SMILES string of the molecule is CN(C(=O)COc1ccc([N+](=O)[O-])cc1Cl)C1CCCCC1. The number of nitro benzene ring substituents is 1. The maximum atomic E-state index is 12.2. The van der Waals surface area contributed by atoms with Crippen molar-refractivity contribution < 1.29 is 14.5 Å². The number of carbonyl (C=O) groups excluding carboxylic acids is 1. The quantitative estimate of drug-likeness (QED) is 0.614. The third kappa shape index (κ3) is 4.10. The first kappa shape index (κ1) is 16.5. The molecule has 1 saturated carbocycles. The molecule has 0 N–H and O–H groups in total. The summed E-state index contributed by atoms with van der Waals surface area (Å²) in [6.45, 7) is -0.121. The summed E-state index contributed by atoms with van der Waals surface area (Å²) in [5.74, 6) is 0.166. The Hall–Kier alpha value is -1.82. The molecule has 0 radical (unpaired) electrons. The average molecular weight is 327 g/mol. The van der Waals surface area contributed by atoms with Gasteiger partial charge < -0.3 is 9.64 Å². The summed E-state index contributed by atoms with van der Waals surface area (Å²) in [4.78, 5) is 24.0. The van der Waals surface area contributed by atoms with Crippen molar-refractivity contribution in [2.75, 3.05) is 13.7 Å². The van der Waals surface area contributed by atoms with Crippen LogP contribution in [-0.2, 0) is 4.79 Å². The number of nitrogens with zero attached hydrogens (tertiary/aromatic N) is 2. The summed E-state index contributed by atoms with van der Waals surface area (Å²) in [6.07, 6.45) is 5.59. The summed E-state index contributed by atoms with van der Waals surface area (Å²) in [5, 5.41) is 10.8. The number of halogens is 1. The van der Waals surface area contributed by atoms with E-state index in [1.165, 1.54) is 24.6 Å². The molecule has 1 amide bonds. The Kier molecular flexibility index (Phi) is 5.60. The van der Waals surface area contributed by atoms with Gasteiger partial charge in [0.1, 0.15) is 5.75 Å². The van der Waals surface area contributed by atoms with Crippen molar-refractivity contribution in [2.24, 2.45) is 0 Å². The molecule has 1 aliphatic rings. The highest BCUT2D eigenvalue weighted by Crippen LogP contribution is 2.29. The van der Waals surface area contributed by atoms with E-state index in [0.717, 1.165) is 25.7 Å². The second-order valence-corrected chi connectivity index (χ2v) is 5.86. The highest BCUT2D eigenvalue weighted by Gasteiger charge is 2.22. The Labute approximate surface area is 134 Å². The summed E-state index contributed by atoms with van der Waals surface area (Å²) in [6, 6.07) is 4.20. The molecule has 120 valence electrons. The lowest BCUT2D eigenvalue weighted by Crippen LogP contribution is -2.40. The van der Waals surface area contributed by atoms with E-state index in [1.54, 1.807) is 11.9 Å². The van der Waals surface area contributed by atoms with E-state index in [-0.39, 0.29) is 35.0 Å². The van der Waals surface area contributed by atoms with Crippen LogP contribution in [0.3, 0.4) is 0 Å². The van der Waals surface area contributed by atoms with E-state index in [1.807, 2.05) is 0 Å². The van der Waals surface area contributed by atoms with Crippen molar-refractivity contribution >= 4 is 23.2 Å². The van der Waals surface area contributed by atoms with E-state index in [4.69, 9.17) is 16.3 Å². The number of non-ortho nitro benzene ring substituents is 1. The summed E-state index contributed by atoms with van der Waals surface area (Å²) >= 11 is 5.93. The molecule has 0 heterocycles. The first-order chi connectivity index (χ1) is 10.5. The van der Waals surface area contributed by atoms with Crippen LogP contribution in [0.2, 0.25) is 5.02 Å². The molecule has 0 spiro atoms. The van der Waals surface area contributed by atoms with Crippen molar-refractivity contribution in [1.29, 1.82) is 0 Å². The number of benzene rings is 1. The van der Waals surface area contributed by atoms with Gasteiger partial charge in [0, 0.05) is 25.2 Å². The zero-order valence-electron chi connectivity index (χ0n) is 12.5. The Bertz CT molecular complexity index is 558. The third-order valence-corrected chi connectivity index (χ3v) is 4.29. The van der Waals surface area contributed by atoms with Gasteiger partial charge in [-0.25, -0.2) is 0 Å². The third-order valence-electron chi connectivity index (χ3n) is 3.99. The summed E-state index contributed by atoms with van der Waals surface area (Å²) in [7, 11) is 1.79. The maximum absolute atomic E-state index is 12.2. The van der Waals surface area contributed by atoms with Gasteiger partial charge >= 0.3 is 0 Å². The van der Waals surface area contributed by atoms with Crippen LogP contribution in [0.4, 0.5) is 5.69 Å². The Balaban J connectivity index is 1.91. The lowest BCUT2D eigenvalue weighted by Gasteiger charge is -2.31. The Morgan fingerprint density at radius 2 is 2.09 bits per heavy atom. The second kappa shape index (κ2) is 7.45. The van der Waals surface area contributed by atoms with Gasteiger partial charge in [0.25, 0.3) is 11.6 Å². The van der Waals surface area contributed by atoms with E-state index < -0.39 is 4.92 Å². The first-order valence-corrected chi connectivity index (χ1v) is 7.69. The van der Waals surface area contributed by atoms with Gasteiger partial charge in [-0.1, -0.05) is 30.9 Å². The lowest BCUT2D eigenvalue weighted by molar-refractivity contribution is -0.384. The molecular weight excluding hydrogens is 308 g/mol. The van der Waals surface area contributed by atoms with Gasteiger partial charge in [0.05, 0.1) is 9.95 Å². The molecule has 0 aromatic heterocycles. The van der Waals surface area contributed by atoms with Crippen molar-refractivity contribution in [1.82, 2.24) is 4.90 Å². The minimum atomic E-state index is -0.530. The van der Waals surface area contributed by atoms with E-state index >= 15 is 0 Å². The maximum Gasteiger partial charge on any atom is 0.271 e. The number of amides is 1. The van der Waals surface area contributed by atoms with Crippen LogP contribution < -0.4 is 4.74 Å². The summed E-state index contributed by atoms with van der Waals surface area (Å²) in [5.41, 5.74) is -0.108. The van der Waals surface area contributed by atoms with Crippen LogP contribution in [0.1, 0.15) is 32.1 Å². The van der Waals surface area contributed by atoms with Crippen LogP contribution in [0, 0.1) is 10.1 Å². The molecule has 7 heteroatoms. The zero-order chi connectivity index (χ0) is 16.1. The van der Waals surface area contributed by atoms with Crippen LogP contribution in [0.15, 0.2) is 18.2 Å². The molecule has 1 aromatic rings. The van der Waals surface area contributed by atoms with Crippen molar-refractivity contribution in [2.45, 2.75) is 38.1 Å². The normalized spacial score (nSPS) is 15.4. The van der Waals surface area contributed by atoms with Gasteiger partial charge in [-0.15, -0.1) is 0 Å². The molecule has 22 heavy (non-hydrogen) atoms. The van der Waals surface area contributed by atoms with E-state index in [0.29, 0.717) is 0 Å². The molecule has 0 atom stereocenters. The van der Waals surface area contributed by atoms with Gasteiger partial charge in [-0.05, 0) is 18.9 Å². The highest BCUT2D eigenvalue weighted by molar-refractivity contribution is 6.32. The molecule has 0 saturated heterocycles. The number of rotatable bonds is 5. The zero-order valence-corrected chi connectivity index (χ0v) is 13.2. The second-order valence-electron chi connectivity index (χ2n) is 5.46. The van der Waals surface area contributed by atoms with E-state index in [9.17, 15) is 14.9 Å². The molecule has 1 fully saturated rings. The fraction of sp³-hybridized carbons (Fsp3) is 0.533. The fourth-order valence-corrected chi connectivity index (χ4v) is 2.86. The fourth-order valence-electron chi connectivity index (χ4n) is 2.63. The van der Waals surface area contributed by atoms with Crippen molar-refractivity contribution in [3.63, 3.8) is 0 Å². The highest BCUT2D eigenvalue weighted by atomic mass is 35.5. The summed E-state index contributed by atoms with van der Waals surface area (Å²) < 4.78 is 5.40.